The van der Waals surface area contributed by atoms with E-state index in [9.17, 15) is 4.79 Å². The smallest absolute Gasteiger partial charge is 0.220 e. The van der Waals surface area contributed by atoms with Gasteiger partial charge in [0.15, 0.2) is 0 Å². The molecule has 1 atom stereocenters. The number of benzene rings is 1. The number of fused-ring (bicyclic) bond motifs is 1. The summed E-state index contributed by atoms with van der Waals surface area (Å²) in [5.41, 5.74) is 2.38. The van der Waals surface area contributed by atoms with E-state index in [1.54, 1.807) is 0 Å². The molecule has 0 saturated carbocycles. The Hall–Kier alpha value is -2.96. The lowest BCUT2D eigenvalue weighted by Gasteiger charge is -2.16. The number of aryl methyl sites for hydroxylation is 2. The fourth-order valence-electron chi connectivity index (χ4n) is 3.77. The van der Waals surface area contributed by atoms with Crippen molar-refractivity contribution in [3.63, 3.8) is 0 Å². The Bertz CT molecular complexity index is 887. The van der Waals surface area contributed by atoms with Crippen LogP contribution in [0, 0.1) is 0 Å². The molecule has 0 saturated heterocycles. The van der Waals surface area contributed by atoms with Crippen LogP contribution in [0.2, 0.25) is 0 Å². The van der Waals surface area contributed by atoms with Crippen LogP contribution in [0.5, 0.6) is 0 Å². The average Bonchev–Trinajstić information content (AvgIpc) is 3.30. The maximum absolute atomic E-state index is 12.3. The lowest BCUT2D eigenvalue weighted by atomic mass is 10.1. The van der Waals surface area contributed by atoms with Gasteiger partial charge in [-0.15, -0.1) is 10.2 Å². The number of hydrogen-bond donors (Lipinski definition) is 2. The number of aromatic amines is 1. The second kappa shape index (κ2) is 8.82. The largest absolute Gasteiger partial charge is 0.353 e. The van der Waals surface area contributed by atoms with E-state index in [1.165, 1.54) is 5.56 Å². The molecule has 0 spiro atoms. The third-order valence-electron chi connectivity index (χ3n) is 5.32. The molecule has 3 heterocycles. The van der Waals surface area contributed by atoms with Crippen LogP contribution in [0.15, 0.2) is 42.7 Å². The van der Waals surface area contributed by atoms with E-state index in [-0.39, 0.29) is 11.9 Å². The van der Waals surface area contributed by atoms with E-state index in [2.05, 4.69) is 42.4 Å². The van der Waals surface area contributed by atoms with Crippen molar-refractivity contribution < 1.29 is 4.79 Å². The summed E-state index contributed by atoms with van der Waals surface area (Å²) in [5, 5.41) is 18.7. The Morgan fingerprint density at radius 3 is 2.89 bits per heavy atom. The second-order valence-electron chi connectivity index (χ2n) is 7.40. The van der Waals surface area contributed by atoms with Crippen LogP contribution in [0.25, 0.3) is 0 Å². The SMILES string of the molecule is O=C(CCCc1cn[nH]c1)NC1CCc2nnc(Cc3ccccc3)n2CC1. The number of carbonyl (C=O) groups excluding carboxylic acids is 1. The van der Waals surface area contributed by atoms with Gasteiger partial charge in [0, 0.05) is 38.0 Å². The van der Waals surface area contributed by atoms with Crippen molar-refractivity contribution in [3.05, 3.63) is 65.5 Å². The molecule has 1 aliphatic rings. The number of amides is 1. The van der Waals surface area contributed by atoms with E-state index >= 15 is 0 Å². The first-order chi connectivity index (χ1) is 13.8. The summed E-state index contributed by atoms with van der Waals surface area (Å²) in [6.07, 6.45) is 9.42. The van der Waals surface area contributed by atoms with Crippen LogP contribution in [-0.4, -0.2) is 36.9 Å². The first-order valence-corrected chi connectivity index (χ1v) is 10.00. The summed E-state index contributed by atoms with van der Waals surface area (Å²) in [5.74, 6) is 2.17. The van der Waals surface area contributed by atoms with Crippen molar-refractivity contribution in [2.24, 2.45) is 0 Å². The zero-order valence-corrected chi connectivity index (χ0v) is 16.0. The minimum Gasteiger partial charge on any atom is -0.353 e. The van der Waals surface area contributed by atoms with Gasteiger partial charge in [0.05, 0.1) is 6.20 Å². The maximum Gasteiger partial charge on any atom is 0.220 e. The molecule has 1 amide bonds. The van der Waals surface area contributed by atoms with Gasteiger partial charge < -0.3 is 9.88 Å². The molecule has 0 bridgehead atoms. The highest BCUT2D eigenvalue weighted by Gasteiger charge is 2.21. The van der Waals surface area contributed by atoms with Crippen molar-refractivity contribution in [1.29, 1.82) is 0 Å². The number of aromatic nitrogens is 5. The van der Waals surface area contributed by atoms with Gasteiger partial charge in [-0.25, -0.2) is 0 Å². The Kier molecular flexibility index (Phi) is 5.80. The molecule has 28 heavy (non-hydrogen) atoms. The lowest BCUT2D eigenvalue weighted by Crippen LogP contribution is -2.35. The van der Waals surface area contributed by atoms with Gasteiger partial charge in [0.25, 0.3) is 0 Å². The summed E-state index contributed by atoms with van der Waals surface area (Å²) in [7, 11) is 0. The molecule has 3 aromatic rings. The van der Waals surface area contributed by atoms with Gasteiger partial charge in [-0.1, -0.05) is 30.3 Å². The highest BCUT2D eigenvalue weighted by molar-refractivity contribution is 5.76. The van der Waals surface area contributed by atoms with Gasteiger partial charge in [-0.05, 0) is 36.8 Å². The summed E-state index contributed by atoms with van der Waals surface area (Å²) in [4.78, 5) is 12.3. The molecule has 1 unspecified atom stereocenters. The van der Waals surface area contributed by atoms with Crippen molar-refractivity contribution >= 4 is 5.91 Å². The maximum atomic E-state index is 12.3. The first kappa shape index (κ1) is 18.4. The third kappa shape index (κ3) is 4.65. The van der Waals surface area contributed by atoms with Gasteiger partial charge in [0.1, 0.15) is 11.6 Å². The Morgan fingerprint density at radius 2 is 2.07 bits per heavy atom. The molecule has 0 radical (unpaired) electrons. The molecule has 146 valence electrons. The predicted molar refractivity (Wildman–Crippen MR) is 106 cm³/mol. The number of nitrogens with zero attached hydrogens (tertiary/aromatic N) is 4. The zero-order chi connectivity index (χ0) is 19.2. The second-order valence-corrected chi connectivity index (χ2v) is 7.40. The summed E-state index contributed by atoms with van der Waals surface area (Å²) in [6, 6.07) is 10.6. The molecule has 1 aromatic carbocycles. The van der Waals surface area contributed by atoms with Crippen LogP contribution >= 0.6 is 0 Å². The summed E-state index contributed by atoms with van der Waals surface area (Å²) in [6.45, 7) is 0.852. The topological polar surface area (TPSA) is 88.5 Å². The minimum atomic E-state index is 0.135. The fraction of sp³-hybridized carbons (Fsp3) is 0.429. The first-order valence-electron chi connectivity index (χ1n) is 10.00. The number of H-pyrrole nitrogens is 1. The lowest BCUT2D eigenvalue weighted by molar-refractivity contribution is -0.122. The van der Waals surface area contributed by atoms with Crippen molar-refractivity contribution in [2.75, 3.05) is 0 Å². The highest BCUT2D eigenvalue weighted by Crippen LogP contribution is 2.17. The molecule has 4 rings (SSSR count). The fourth-order valence-corrected chi connectivity index (χ4v) is 3.77. The van der Waals surface area contributed by atoms with Gasteiger partial charge in [-0.2, -0.15) is 5.10 Å². The molecule has 1 aliphatic heterocycles. The van der Waals surface area contributed by atoms with Gasteiger partial charge in [-0.3, -0.25) is 9.89 Å². The Balaban J connectivity index is 1.28. The van der Waals surface area contributed by atoms with E-state index in [1.807, 2.05) is 30.6 Å². The molecule has 7 nitrogen and oxygen atoms in total. The number of hydrogen-bond acceptors (Lipinski definition) is 4. The normalized spacial score (nSPS) is 16.4. The van der Waals surface area contributed by atoms with Crippen LogP contribution in [0.3, 0.4) is 0 Å². The van der Waals surface area contributed by atoms with E-state index in [0.717, 1.165) is 62.3 Å². The monoisotopic (exact) mass is 378 g/mol. The van der Waals surface area contributed by atoms with Crippen molar-refractivity contribution in [3.8, 4) is 0 Å². The van der Waals surface area contributed by atoms with Crippen molar-refractivity contribution in [1.82, 2.24) is 30.3 Å². The molecular formula is C21H26N6O. The zero-order valence-electron chi connectivity index (χ0n) is 16.0. The summed E-state index contributed by atoms with van der Waals surface area (Å²) < 4.78 is 2.23. The van der Waals surface area contributed by atoms with E-state index in [4.69, 9.17) is 0 Å². The average molecular weight is 378 g/mol. The Morgan fingerprint density at radius 1 is 1.18 bits per heavy atom. The van der Waals surface area contributed by atoms with Gasteiger partial charge in [0.2, 0.25) is 5.91 Å². The van der Waals surface area contributed by atoms with Crippen LogP contribution in [0.4, 0.5) is 0 Å². The van der Waals surface area contributed by atoms with Crippen LogP contribution < -0.4 is 5.32 Å². The molecule has 2 aromatic heterocycles. The third-order valence-corrected chi connectivity index (χ3v) is 5.32. The van der Waals surface area contributed by atoms with E-state index < -0.39 is 0 Å². The quantitative estimate of drug-likeness (QED) is 0.661. The molecule has 2 N–H and O–H groups in total. The molecule has 0 fully saturated rings. The predicted octanol–water partition coefficient (Wildman–Crippen LogP) is 2.44. The van der Waals surface area contributed by atoms with Crippen LogP contribution in [0.1, 0.15) is 48.5 Å². The number of nitrogens with one attached hydrogen (secondary N) is 2. The standard InChI is InChI=1S/C21H26N6O/c28-21(8-4-7-17-14-22-23-15-17)24-18-9-10-19-25-26-20(27(19)12-11-18)13-16-5-2-1-3-6-16/h1-3,5-6,14-15,18H,4,7-13H2,(H,22,23)(H,24,28). The number of rotatable bonds is 7. The van der Waals surface area contributed by atoms with E-state index in [0.29, 0.717) is 6.42 Å². The molecule has 0 aliphatic carbocycles. The van der Waals surface area contributed by atoms with Crippen LogP contribution in [-0.2, 0) is 30.6 Å². The Labute approximate surface area is 164 Å². The van der Waals surface area contributed by atoms with Crippen molar-refractivity contribution in [2.45, 2.75) is 57.5 Å². The minimum absolute atomic E-state index is 0.135. The highest BCUT2D eigenvalue weighted by atomic mass is 16.1. The molecular weight excluding hydrogens is 352 g/mol. The van der Waals surface area contributed by atoms with Gasteiger partial charge >= 0.3 is 0 Å². The molecule has 7 heteroatoms. The number of carbonyl (C=O) groups is 1. The summed E-state index contributed by atoms with van der Waals surface area (Å²) >= 11 is 0.